The van der Waals surface area contributed by atoms with Gasteiger partial charge in [-0.15, -0.1) is 0 Å². The van der Waals surface area contributed by atoms with Crippen LogP contribution < -0.4 is 14.2 Å². The first-order valence-corrected chi connectivity index (χ1v) is 13.2. The molecule has 0 aliphatic carbocycles. The molecule has 0 saturated heterocycles. The van der Waals surface area contributed by atoms with Crippen LogP contribution in [0.5, 0.6) is 11.5 Å². The summed E-state index contributed by atoms with van der Waals surface area (Å²) < 4.78 is 37.0. The molecule has 7 nitrogen and oxygen atoms in total. The highest BCUT2D eigenvalue weighted by atomic mass is 127. The minimum atomic E-state index is -4.16. The molecule has 0 fully saturated rings. The minimum Gasteiger partial charge on any atom is -0.490 e. The van der Waals surface area contributed by atoms with Crippen LogP contribution in [0.4, 0.5) is 5.69 Å². The van der Waals surface area contributed by atoms with E-state index in [1.54, 1.807) is 25.1 Å². The molecule has 0 atom stereocenters. The number of halogens is 2. The summed E-state index contributed by atoms with van der Waals surface area (Å²) in [6.45, 7) is 3.90. The number of amides is 1. The van der Waals surface area contributed by atoms with Crippen molar-refractivity contribution < 1.29 is 22.1 Å². The maximum absolute atomic E-state index is 12.8. The average molecular weight is 623 g/mol. The van der Waals surface area contributed by atoms with Crippen LogP contribution in [-0.2, 0) is 14.9 Å². The number of ether oxygens (including phenoxy) is 1. The van der Waals surface area contributed by atoms with Gasteiger partial charge in [-0.2, -0.15) is 13.7 Å². The van der Waals surface area contributed by atoms with Crippen LogP contribution in [-0.4, -0.2) is 20.9 Å². The second kappa shape index (κ2) is 11.6. The molecule has 0 radical (unpaired) electrons. The van der Waals surface area contributed by atoms with Crippen molar-refractivity contribution in [3.8, 4) is 17.6 Å². The molecule has 0 aliphatic rings. The third-order valence-corrected chi connectivity index (χ3v) is 6.90. The normalized spacial score (nSPS) is 11.5. The van der Waals surface area contributed by atoms with Gasteiger partial charge in [0.25, 0.3) is 5.91 Å². The Morgan fingerprint density at radius 1 is 1.14 bits per heavy atom. The average Bonchev–Trinajstić information content (AvgIpc) is 2.81. The first-order valence-electron chi connectivity index (χ1n) is 10.3. The quantitative estimate of drug-likeness (QED) is 0.144. The lowest BCUT2D eigenvalue weighted by Crippen LogP contribution is -2.13. The van der Waals surface area contributed by atoms with Gasteiger partial charge in [-0.25, -0.2) is 0 Å². The van der Waals surface area contributed by atoms with Crippen LogP contribution in [0.3, 0.4) is 0 Å². The van der Waals surface area contributed by atoms with Gasteiger partial charge in [-0.1, -0.05) is 29.3 Å². The number of nitrogens with zero attached hydrogens (tertiary/aromatic N) is 1. The Morgan fingerprint density at radius 2 is 1.80 bits per heavy atom. The lowest BCUT2D eigenvalue weighted by Gasteiger charge is -2.15. The minimum absolute atomic E-state index is 0.00200. The van der Waals surface area contributed by atoms with Gasteiger partial charge in [0.15, 0.2) is 11.5 Å². The van der Waals surface area contributed by atoms with Gasteiger partial charge in [0.2, 0.25) is 0 Å². The lowest BCUT2D eigenvalue weighted by atomic mass is 10.1. The molecule has 0 aliphatic heterocycles. The summed E-state index contributed by atoms with van der Waals surface area (Å²) in [6.07, 6.45) is 1.39. The van der Waals surface area contributed by atoms with E-state index in [2.05, 4.69) is 5.32 Å². The van der Waals surface area contributed by atoms with Crippen LogP contribution in [0.25, 0.3) is 6.08 Å². The van der Waals surface area contributed by atoms with Crippen LogP contribution in [0.2, 0.25) is 5.02 Å². The van der Waals surface area contributed by atoms with Crippen molar-refractivity contribution in [2.45, 2.75) is 18.7 Å². The van der Waals surface area contributed by atoms with Gasteiger partial charge in [0.05, 0.1) is 10.2 Å². The topological polar surface area (TPSA) is 105 Å². The van der Waals surface area contributed by atoms with Crippen molar-refractivity contribution in [3.05, 3.63) is 86.0 Å². The fourth-order valence-electron chi connectivity index (χ4n) is 2.92. The Balaban J connectivity index is 1.93. The van der Waals surface area contributed by atoms with Crippen molar-refractivity contribution in [3.63, 3.8) is 0 Å². The zero-order valence-electron chi connectivity index (χ0n) is 18.7. The second-order valence-corrected chi connectivity index (χ2v) is 10.4. The van der Waals surface area contributed by atoms with Crippen molar-refractivity contribution in [1.82, 2.24) is 0 Å². The van der Waals surface area contributed by atoms with Crippen molar-refractivity contribution >= 4 is 62.0 Å². The summed E-state index contributed by atoms with van der Waals surface area (Å²) in [7, 11) is -4.16. The number of rotatable bonds is 8. The molecule has 180 valence electrons. The van der Waals surface area contributed by atoms with E-state index in [-0.39, 0.29) is 28.6 Å². The van der Waals surface area contributed by atoms with Gasteiger partial charge < -0.3 is 14.2 Å². The molecular formula is C25H20ClIN2O5S. The Morgan fingerprint density at radius 3 is 2.40 bits per heavy atom. The number of nitrogens with one attached hydrogen (secondary N) is 1. The van der Waals surface area contributed by atoms with E-state index in [9.17, 15) is 18.5 Å². The van der Waals surface area contributed by atoms with E-state index >= 15 is 0 Å². The highest BCUT2D eigenvalue weighted by Crippen LogP contribution is 2.37. The Kier molecular flexibility index (Phi) is 8.77. The van der Waals surface area contributed by atoms with Gasteiger partial charge in [-0.05, 0) is 96.6 Å². The summed E-state index contributed by atoms with van der Waals surface area (Å²) >= 11 is 7.76. The number of hydrogen-bond acceptors (Lipinski definition) is 6. The van der Waals surface area contributed by atoms with E-state index in [4.69, 9.17) is 20.5 Å². The predicted octanol–water partition coefficient (Wildman–Crippen LogP) is 5.97. The van der Waals surface area contributed by atoms with Gasteiger partial charge in [-0.3, -0.25) is 4.79 Å². The molecule has 10 heteroatoms. The maximum atomic E-state index is 12.8. The Bertz CT molecular complexity index is 1410. The smallest absolute Gasteiger partial charge is 0.339 e. The molecule has 0 saturated carbocycles. The summed E-state index contributed by atoms with van der Waals surface area (Å²) in [5.74, 6) is -0.420. The van der Waals surface area contributed by atoms with Gasteiger partial charge >= 0.3 is 10.1 Å². The SMILES string of the molecule is CCOc1cc(/C=C(\C#N)C(=O)Nc2ccc(C)cc2)cc(I)c1OS(=O)(=O)c1ccc(Cl)cc1. The van der Waals surface area contributed by atoms with Gasteiger partial charge in [0.1, 0.15) is 16.5 Å². The molecule has 0 spiro atoms. The zero-order valence-corrected chi connectivity index (χ0v) is 22.4. The van der Waals surface area contributed by atoms with Crippen molar-refractivity contribution in [2.75, 3.05) is 11.9 Å². The molecule has 1 amide bonds. The molecule has 3 rings (SSSR count). The highest BCUT2D eigenvalue weighted by molar-refractivity contribution is 14.1. The van der Waals surface area contributed by atoms with E-state index in [1.165, 1.54) is 36.4 Å². The molecule has 0 bridgehead atoms. The summed E-state index contributed by atoms with van der Waals surface area (Å²) in [5.41, 5.74) is 1.93. The molecule has 1 N–H and O–H groups in total. The number of anilines is 1. The van der Waals surface area contributed by atoms with E-state index in [0.29, 0.717) is 19.8 Å². The van der Waals surface area contributed by atoms with Crippen LogP contribution in [0.1, 0.15) is 18.1 Å². The standard InChI is InChI=1S/C25H20ClIN2O5S/c1-3-33-23-14-17(12-18(15-28)25(30)29-20-8-4-16(2)5-9-20)13-22(27)24(23)34-35(31,32)21-10-6-19(26)7-11-21/h4-14H,3H2,1-2H3,(H,29,30)/b18-12+. The van der Waals surface area contributed by atoms with Crippen molar-refractivity contribution in [1.29, 1.82) is 5.26 Å². The largest absolute Gasteiger partial charge is 0.490 e. The number of benzene rings is 3. The molecular weight excluding hydrogens is 603 g/mol. The second-order valence-electron chi connectivity index (χ2n) is 7.24. The van der Waals surface area contributed by atoms with Crippen LogP contribution >= 0.6 is 34.2 Å². The molecule has 0 aromatic heterocycles. The van der Waals surface area contributed by atoms with Crippen LogP contribution in [0, 0.1) is 21.8 Å². The molecule has 3 aromatic carbocycles. The predicted molar refractivity (Wildman–Crippen MR) is 143 cm³/mol. The zero-order chi connectivity index (χ0) is 25.6. The monoisotopic (exact) mass is 622 g/mol. The van der Waals surface area contributed by atoms with E-state index in [0.717, 1.165) is 5.56 Å². The fourth-order valence-corrected chi connectivity index (χ4v) is 4.89. The number of nitriles is 1. The first kappa shape index (κ1) is 26.5. The van der Waals surface area contributed by atoms with Crippen molar-refractivity contribution in [2.24, 2.45) is 0 Å². The Labute approximate surface area is 222 Å². The number of carbonyl (C=O) groups is 1. The summed E-state index contributed by atoms with van der Waals surface area (Å²) in [4.78, 5) is 12.5. The van der Waals surface area contributed by atoms with Gasteiger partial charge in [0, 0.05) is 10.7 Å². The highest BCUT2D eigenvalue weighted by Gasteiger charge is 2.22. The molecule has 0 heterocycles. The van der Waals surface area contributed by atoms with E-state index < -0.39 is 16.0 Å². The summed E-state index contributed by atoms with van der Waals surface area (Å²) in [5, 5.41) is 12.6. The Hall–Kier alpha value is -3.07. The van der Waals surface area contributed by atoms with Crippen LogP contribution in [0.15, 0.2) is 71.1 Å². The molecule has 35 heavy (non-hydrogen) atoms. The maximum Gasteiger partial charge on any atom is 0.339 e. The summed E-state index contributed by atoms with van der Waals surface area (Å²) in [6, 6.07) is 17.8. The molecule has 3 aromatic rings. The fraction of sp³-hybridized carbons (Fsp3) is 0.120. The first-order chi connectivity index (χ1) is 16.6. The number of carbonyl (C=O) groups excluding carboxylic acids is 1. The van der Waals surface area contributed by atoms with E-state index in [1.807, 2.05) is 47.7 Å². The third kappa shape index (κ3) is 6.97. The number of hydrogen-bond donors (Lipinski definition) is 1. The molecule has 0 unspecified atom stereocenters. The lowest BCUT2D eigenvalue weighted by molar-refractivity contribution is -0.112. The third-order valence-electron chi connectivity index (χ3n) is 4.61. The number of aryl methyl sites for hydroxylation is 1.